The predicted octanol–water partition coefficient (Wildman–Crippen LogP) is 2.21. The molecule has 1 fully saturated rings. The molecule has 0 saturated heterocycles. The standard InChI is InChI=1S/C11H17N3OS.2ClH/c1-7-6-16-11(13-7)10(8-2-3-8)14-9(15)4-5-12;;/h6,8,10H,2-5,12H2,1H3,(H,14,15);2*1H. The Labute approximate surface area is 124 Å². The van der Waals surface area contributed by atoms with Crippen molar-refractivity contribution >= 4 is 42.1 Å². The van der Waals surface area contributed by atoms with Crippen molar-refractivity contribution in [1.29, 1.82) is 0 Å². The van der Waals surface area contributed by atoms with Crippen LogP contribution in [0.15, 0.2) is 5.38 Å². The van der Waals surface area contributed by atoms with Gasteiger partial charge in [0.05, 0.1) is 6.04 Å². The lowest BCUT2D eigenvalue weighted by Gasteiger charge is -2.15. The largest absolute Gasteiger partial charge is 0.347 e. The SMILES string of the molecule is Cc1csc(C(NC(=O)CCN)C2CC2)n1.Cl.Cl. The minimum absolute atomic E-state index is 0. The van der Waals surface area contributed by atoms with Crippen LogP contribution in [-0.2, 0) is 4.79 Å². The van der Waals surface area contributed by atoms with Crippen molar-refractivity contribution in [2.75, 3.05) is 6.54 Å². The maximum atomic E-state index is 11.6. The summed E-state index contributed by atoms with van der Waals surface area (Å²) in [5.74, 6) is 0.611. The van der Waals surface area contributed by atoms with Gasteiger partial charge in [-0.05, 0) is 25.7 Å². The molecule has 18 heavy (non-hydrogen) atoms. The van der Waals surface area contributed by atoms with Gasteiger partial charge in [-0.2, -0.15) is 0 Å². The van der Waals surface area contributed by atoms with Crippen molar-refractivity contribution in [3.8, 4) is 0 Å². The second-order valence-electron chi connectivity index (χ2n) is 4.25. The fourth-order valence-corrected chi connectivity index (χ4v) is 2.64. The molecule has 1 aromatic heterocycles. The monoisotopic (exact) mass is 311 g/mol. The fraction of sp³-hybridized carbons (Fsp3) is 0.636. The number of nitrogens with one attached hydrogen (secondary N) is 1. The number of nitrogens with two attached hydrogens (primary N) is 1. The molecule has 0 radical (unpaired) electrons. The van der Waals surface area contributed by atoms with Crippen molar-refractivity contribution in [3.63, 3.8) is 0 Å². The Morgan fingerprint density at radius 2 is 2.28 bits per heavy atom. The molecule has 4 nitrogen and oxygen atoms in total. The number of carbonyl (C=O) groups excluding carboxylic acids is 1. The summed E-state index contributed by atoms with van der Waals surface area (Å²) in [6.07, 6.45) is 2.77. The smallest absolute Gasteiger partial charge is 0.221 e. The molecule has 1 saturated carbocycles. The van der Waals surface area contributed by atoms with Crippen LogP contribution in [0.3, 0.4) is 0 Å². The van der Waals surface area contributed by atoms with Crippen LogP contribution in [0.1, 0.15) is 36.0 Å². The Balaban J connectivity index is 0.00000144. The summed E-state index contributed by atoms with van der Waals surface area (Å²) in [6, 6.07) is 0.109. The van der Waals surface area contributed by atoms with Crippen LogP contribution in [0.2, 0.25) is 0 Å². The first-order chi connectivity index (χ1) is 7.70. The van der Waals surface area contributed by atoms with E-state index in [1.54, 1.807) is 11.3 Å². The molecular formula is C11H19Cl2N3OS. The molecule has 1 heterocycles. The summed E-state index contributed by atoms with van der Waals surface area (Å²) in [6.45, 7) is 2.38. The zero-order chi connectivity index (χ0) is 11.5. The number of nitrogens with zero attached hydrogens (tertiary/aromatic N) is 1. The van der Waals surface area contributed by atoms with E-state index in [2.05, 4.69) is 10.3 Å². The molecule has 0 aliphatic heterocycles. The van der Waals surface area contributed by atoms with Crippen molar-refractivity contribution in [3.05, 3.63) is 16.1 Å². The number of hydrogen-bond acceptors (Lipinski definition) is 4. The number of rotatable bonds is 5. The molecule has 0 bridgehead atoms. The Morgan fingerprint density at radius 3 is 2.72 bits per heavy atom. The highest BCUT2D eigenvalue weighted by molar-refractivity contribution is 7.09. The maximum absolute atomic E-state index is 11.6. The maximum Gasteiger partial charge on any atom is 0.221 e. The summed E-state index contributed by atoms with van der Waals surface area (Å²) in [5.41, 5.74) is 6.39. The summed E-state index contributed by atoms with van der Waals surface area (Å²) in [5, 5.41) is 6.10. The Hall–Kier alpha value is -0.360. The molecule has 1 unspecified atom stereocenters. The zero-order valence-corrected chi connectivity index (χ0v) is 12.7. The van der Waals surface area contributed by atoms with E-state index in [1.807, 2.05) is 12.3 Å². The van der Waals surface area contributed by atoms with Gasteiger partial charge >= 0.3 is 0 Å². The second kappa shape index (κ2) is 7.94. The molecule has 1 aromatic rings. The van der Waals surface area contributed by atoms with Gasteiger partial charge in [0.1, 0.15) is 5.01 Å². The van der Waals surface area contributed by atoms with E-state index in [4.69, 9.17) is 5.73 Å². The molecule has 104 valence electrons. The van der Waals surface area contributed by atoms with Gasteiger partial charge in [0, 0.05) is 24.0 Å². The summed E-state index contributed by atoms with van der Waals surface area (Å²) in [4.78, 5) is 16.0. The third-order valence-electron chi connectivity index (χ3n) is 2.68. The Morgan fingerprint density at radius 1 is 1.61 bits per heavy atom. The first kappa shape index (κ1) is 17.6. The lowest BCUT2D eigenvalue weighted by molar-refractivity contribution is -0.121. The van der Waals surface area contributed by atoms with E-state index < -0.39 is 0 Å². The molecule has 2 rings (SSSR count). The number of hydrogen-bond donors (Lipinski definition) is 2. The van der Waals surface area contributed by atoms with Crippen LogP contribution in [-0.4, -0.2) is 17.4 Å². The van der Waals surface area contributed by atoms with Crippen LogP contribution in [0.25, 0.3) is 0 Å². The Kier molecular flexibility index (Phi) is 7.78. The van der Waals surface area contributed by atoms with Crippen molar-refractivity contribution in [2.45, 2.75) is 32.2 Å². The van der Waals surface area contributed by atoms with E-state index in [-0.39, 0.29) is 36.8 Å². The minimum atomic E-state index is 0. The van der Waals surface area contributed by atoms with E-state index in [1.165, 1.54) is 12.8 Å². The molecule has 1 amide bonds. The summed E-state index contributed by atoms with van der Waals surface area (Å²) in [7, 11) is 0. The van der Waals surface area contributed by atoms with Crippen LogP contribution in [0, 0.1) is 12.8 Å². The van der Waals surface area contributed by atoms with Crippen molar-refractivity contribution < 1.29 is 4.79 Å². The number of halogens is 2. The molecule has 1 atom stereocenters. The molecule has 0 spiro atoms. The van der Waals surface area contributed by atoms with Gasteiger partial charge < -0.3 is 11.1 Å². The molecule has 7 heteroatoms. The second-order valence-corrected chi connectivity index (χ2v) is 5.14. The van der Waals surface area contributed by atoms with Gasteiger partial charge in [-0.1, -0.05) is 0 Å². The minimum Gasteiger partial charge on any atom is -0.347 e. The van der Waals surface area contributed by atoms with Gasteiger partial charge in [0.2, 0.25) is 5.91 Å². The van der Waals surface area contributed by atoms with Gasteiger partial charge in [-0.15, -0.1) is 36.2 Å². The number of carbonyl (C=O) groups is 1. The van der Waals surface area contributed by atoms with E-state index in [0.29, 0.717) is 18.9 Å². The first-order valence-electron chi connectivity index (χ1n) is 5.62. The molecule has 3 N–H and O–H groups in total. The molecule has 1 aliphatic carbocycles. The van der Waals surface area contributed by atoms with E-state index >= 15 is 0 Å². The molecule has 0 aromatic carbocycles. The van der Waals surface area contributed by atoms with Gasteiger partial charge in [0.15, 0.2) is 0 Å². The number of thiazole rings is 1. The third-order valence-corrected chi connectivity index (χ3v) is 3.73. The lowest BCUT2D eigenvalue weighted by Crippen LogP contribution is -2.31. The van der Waals surface area contributed by atoms with E-state index in [9.17, 15) is 4.79 Å². The van der Waals surface area contributed by atoms with Crippen LogP contribution >= 0.6 is 36.2 Å². The topological polar surface area (TPSA) is 68.0 Å². The average Bonchev–Trinajstić information content (AvgIpc) is 2.98. The highest BCUT2D eigenvalue weighted by atomic mass is 35.5. The van der Waals surface area contributed by atoms with Crippen LogP contribution < -0.4 is 11.1 Å². The number of aryl methyl sites for hydroxylation is 1. The lowest BCUT2D eigenvalue weighted by atomic mass is 10.2. The van der Waals surface area contributed by atoms with Crippen LogP contribution in [0.5, 0.6) is 0 Å². The molecule has 1 aliphatic rings. The normalized spacial score (nSPS) is 15.2. The van der Waals surface area contributed by atoms with Crippen LogP contribution in [0.4, 0.5) is 0 Å². The first-order valence-corrected chi connectivity index (χ1v) is 6.50. The van der Waals surface area contributed by atoms with Gasteiger partial charge in [-0.25, -0.2) is 4.98 Å². The van der Waals surface area contributed by atoms with Crippen molar-refractivity contribution in [1.82, 2.24) is 10.3 Å². The third kappa shape index (κ3) is 4.72. The van der Waals surface area contributed by atoms with E-state index in [0.717, 1.165) is 10.7 Å². The highest BCUT2D eigenvalue weighted by Crippen LogP contribution is 2.41. The fourth-order valence-electron chi connectivity index (χ4n) is 1.70. The molecular weight excluding hydrogens is 293 g/mol. The van der Waals surface area contributed by atoms with Gasteiger partial charge in [-0.3, -0.25) is 4.79 Å². The Bertz CT molecular complexity index is 382. The summed E-state index contributed by atoms with van der Waals surface area (Å²) < 4.78 is 0. The zero-order valence-electron chi connectivity index (χ0n) is 10.2. The summed E-state index contributed by atoms with van der Waals surface area (Å²) >= 11 is 1.63. The quantitative estimate of drug-likeness (QED) is 0.876. The average molecular weight is 312 g/mol. The number of amides is 1. The van der Waals surface area contributed by atoms with Crippen molar-refractivity contribution in [2.24, 2.45) is 11.7 Å². The number of aromatic nitrogens is 1. The highest BCUT2D eigenvalue weighted by Gasteiger charge is 2.34. The predicted molar refractivity (Wildman–Crippen MR) is 78.6 cm³/mol. The van der Waals surface area contributed by atoms with Gasteiger partial charge in [0.25, 0.3) is 0 Å².